The number of fused-ring (bicyclic) bond motifs is 1. The molecule has 2 atom stereocenters. The van der Waals surface area contributed by atoms with Gasteiger partial charge in [-0.05, 0) is 31.4 Å². The van der Waals surface area contributed by atoms with Crippen molar-refractivity contribution in [2.24, 2.45) is 0 Å². The number of hydrogen-bond donors (Lipinski definition) is 2. The lowest BCUT2D eigenvalue weighted by Crippen LogP contribution is -2.46. The fraction of sp³-hybridized carbons (Fsp3) is 0.529. The maximum atomic E-state index is 12.5. The summed E-state index contributed by atoms with van der Waals surface area (Å²) in [5.74, 6) is 0.600. The molecule has 0 bridgehead atoms. The summed E-state index contributed by atoms with van der Waals surface area (Å²) in [6.45, 7) is 2.10. The average molecular weight is 331 g/mol. The smallest absolute Gasteiger partial charge is 0.239 e. The normalized spacial score (nSPS) is 26.0. The second kappa shape index (κ2) is 6.19. The molecule has 2 aliphatic heterocycles. The van der Waals surface area contributed by atoms with Crippen LogP contribution in [0.1, 0.15) is 30.2 Å². The third kappa shape index (κ3) is 2.98. The van der Waals surface area contributed by atoms with E-state index in [0.717, 1.165) is 31.4 Å². The van der Waals surface area contributed by atoms with Gasteiger partial charge in [-0.15, -0.1) is 11.3 Å². The molecular weight excluding hydrogens is 310 g/mol. The van der Waals surface area contributed by atoms with E-state index < -0.39 is 0 Å². The quantitative estimate of drug-likeness (QED) is 0.879. The Morgan fingerprint density at radius 1 is 1.30 bits per heavy atom. The van der Waals surface area contributed by atoms with Crippen molar-refractivity contribution in [2.45, 2.75) is 37.3 Å². The predicted octanol–water partition coefficient (Wildman–Crippen LogP) is 1.73. The fourth-order valence-corrected chi connectivity index (χ4v) is 4.67. The number of nitrogens with one attached hydrogen (secondary N) is 1. The zero-order valence-corrected chi connectivity index (χ0v) is 13.8. The van der Waals surface area contributed by atoms with Gasteiger partial charge in [0.25, 0.3) is 0 Å². The average Bonchev–Trinajstić information content (AvgIpc) is 3.20. The van der Waals surface area contributed by atoms with Crippen molar-refractivity contribution in [1.82, 2.24) is 15.2 Å². The number of piperidine rings is 1. The van der Waals surface area contributed by atoms with Crippen LogP contribution < -0.4 is 5.32 Å². The minimum Gasteiger partial charge on any atom is -0.392 e. The Morgan fingerprint density at radius 3 is 2.78 bits per heavy atom. The van der Waals surface area contributed by atoms with Gasteiger partial charge in [-0.1, -0.05) is 12.1 Å². The number of para-hydroxylation sites is 1. The van der Waals surface area contributed by atoms with Gasteiger partial charge in [-0.3, -0.25) is 4.79 Å². The van der Waals surface area contributed by atoms with Crippen molar-refractivity contribution in [3.8, 4) is 0 Å². The van der Waals surface area contributed by atoms with Crippen LogP contribution in [-0.2, 0) is 4.79 Å². The van der Waals surface area contributed by atoms with Crippen LogP contribution in [0.2, 0.25) is 0 Å². The van der Waals surface area contributed by atoms with Crippen LogP contribution in [0, 0.1) is 0 Å². The fourth-order valence-electron chi connectivity index (χ4n) is 3.54. The minimum absolute atomic E-state index is 0.143. The number of amides is 1. The maximum absolute atomic E-state index is 12.5. The van der Waals surface area contributed by atoms with Gasteiger partial charge in [0.2, 0.25) is 5.91 Å². The Labute approximate surface area is 139 Å². The van der Waals surface area contributed by atoms with Crippen LogP contribution in [0.25, 0.3) is 10.2 Å². The van der Waals surface area contributed by atoms with E-state index in [0.29, 0.717) is 18.9 Å². The summed E-state index contributed by atoms with van der Waals surface area (Å²) in [6.07, 6.45) is 2.10. The van der Waals surface area contributed by atoms with Gasteiger partial charge in [-0.25, -0.2) is 4.98 Å². The van der Waals surface area contributed by atoms with E-state index in [2.05, 4.69) is 23.5 Å². The highest BCUT2D eigenvalue weighted by atomic mass is 32.1. The van der Waals surface area contributed by atoms with Crippen molar-refractivity contribution in [3.05, 3.63) is 29.3 Å². The zero-order chi connectivity index (χ0) is 15.8. The third-order valence-corrected chi connectivity index (χ3v) is 6.07. The standard InChI is InChI=1S/C17H21N3O2S/c21-12-9-14(18-10-12)17(22)20-7-5-11(6-8-20)16-19-13-3-1-2-4-15(13)23-16/h1-4,11-12,14,18,21H,5-10H2/t12-,14+/m0/s1. The predicted molar refractivity (Wildman–Crippen MR) is 90.6 cm³/mol. The number of aromatic nitrogens is 1. The van der Waals surface area contributed by atoms with Gasteiger partial charge in [0, 0.05) is 25.6 Å². The molecule has 0 saturated carbocycles. The molecule has 0 unspecified atom stereocenters. The number of β-amino-alcohol motifs (C(OH)–C–C–N with tert-alkyl or cyclic N) is 1. The summed E-state index contributed by atoms with van der Waals surface area (Å²) in [7, 11) is 0. The number of thiazole rings is 1. The monoisotopic (exact) mass is 331 g/mol. The minimum atomic E-state index is -0.385. The lowest BCUT2D eigenvalue weighted by molar-refractivity contribution is -0.134. The van der Waals surface area contributed by atoms with Gasteiger partial charge in [0.15, 0.2) is 0 Å². The molecule has 1 aromatic heterocycles. The summed E-state index contributed by atoms with van der Waals surface area (Å²) in [6, 6.07) is 8.05. The lowest BCUT2D eigenvalue weighted by atomic mass is 9.97. The molecule has 23 heavy (non-hydrogen) atoms. The second-order valence-corrected chi connectivity index (χ2v) is 7.53. The molecule has 1 aromatic carbocycles. The molecule has 0 spiro atoms. The Bertz CT molecular complexity index is 676. The molecule has 4 rings (SSSR count). The molecule has 5 nitrogen and oxygen atoms in total. The van der Waals surface area contributed by atoms with E-state index in [9.17, 15) is 9.90 Å². The summed E-state index contributed by atoms with van der Waals surface area (Å²) in [5.41, 5.74) is 1.08. The van der Waals surface area contributed by atoms with Crippen LogP contribution in [0.4, 0.5) is 0 Å². The molecule has 3 heterocycles. The van der Waals surface area contributed by atoms with Crippen LogP contribution >= 0.6 is 11.3 Å². The van der Waals surface area contributed by atoms with E-state index in [1.807, 2.05) is 11.0 Å². The summed E-state index contributed by atoms with van der Waals surface area (Å²) >= 11 is 1.78. The number of nitrogens with zero attached hydrogens (tertiary/aromatic N) is 2. The zero-order valence-electron chi connectivity index (χ0n) is 12.9. The van der Waals surface area contributed by atoms with Gasteiger partial charge in [0.1, 0.15) is 0 Å². The van der Waals surface area contributed by atoms with E-state index in [-0.39, 0.29) is 18.1 Å². The third-order valence-electron chi connectivity index (χ3n) is 4.87. The van der Waals surface area contributed by atoms with Crippen molar-refractivity contribution in [1.29, 1.82) is 0 Å². The van der Waals surface area contributed by atoms with E-state index in [4.69, 9.17) is 4.98 Å². The molecule has 2 fully saturated rings. The Morgan fingerprint density at radius 2 is 2.09 bits per heavy atom. The highest BCUT2D eigenvalue weighted by Gasteiger charge is 2.33. The van der Waals surface area contributed by atoms with Gasteiger partial charge < -0.3 is 15.3 Å². The van der Waals surface area contributed by atoms with Gasteiger partial charge in [0.05, 0.1) is 27.4 Å². The Kier molecular flexibility index (Phi) is 4.05. The van der Waals surface area contributed by atoms with Crippen molar-refractivity contribution in [2.75, 3.05) is 19.6 Å². The van der Waals surface area contributed by atoms with E-state index in [1.54, 1.807) is 11.3 Å². The molecule has 2 N–H and O–H groups in total. The topological polar surface area (TPSA) is 65.5 Å². The van der Waals surface area contributed by atoms with Crippen molar-refractivity contribution in [3.63, 3.8) is 0 Å². The first kappa shape index (κ1) is 15.1. The largest absolute Gasteiger partial charge is 0.392 e. The number of aliphatic hydroxyl groups is 1. The van der Waals surface area contributed by atoms with Gasteiger partial charge >= 0.3 is 0 Å². The molecule has 2 aromatic rings. The highest BCUT2D eigenvalue weighted by Crippen LogP contribution is 2.34. The molecular formula is C17H21N3O2S. The number of aliphatic hydroxyl groups excluding tert-OH is 1. The molecule has 2 aliphatic rings. The molecule has 122 valence electrons. The number of carbonyl (C=O) groups is 1. The van der Waals surface area contributed by atoms with E-state index >= 15 is 0 Å². The molecule has 2 saturated heterocycles. The molecule has 1 amide bonds. The second-order valence-electron chi connectivity index (χ2n) is 6.47. The maximum Gasteiger partial charge on any atom is 0.239 e. The van der Waals surface area contributed by atoms with Crippen LogP contribution in [-0.4, -0.2) is 52.7 Å². The highest BCUT2D eigenvalue weighted by molar-refractivity contribution is 7.18. The SMILES string of the molecule is O=C([C@H]1C[C@H](O)CN1)N1CCC(c2nc3ccccc3s2)CC1. The summed E-state index contributed by atoms with van der Waals surface area (Å²) in [5, 5.41) is 13.9. The number of likely N-dealkylation sites (tertiary alicyclic amines) is 1. The summed E-state index contributed by atoms with van der Waals surface area (Å²) < 4.78 is 1.24. The first-order valence-corrected chi connectivity index (χ1v) is 9.08. The molecule has 0 aliphatic carbocycles. The first-order chi connectivity index (χ1) is 11.2. The van der Waals surface area contributed by atoms with Crippen LogP contribution in [0.5, 0.6) is 0 Å². The van der Waals surface area contributed by atoms with Crippen molar-refractivity contribution < 1.29 is 9.90 Å². The number of hydrogen-bond acceptors (Lipinski definition) is 5. The van der Waals surface area contributed by atoms with E-state index in [1.165, 1.54) is 9.71 Å². The molecule has 6 heteroatoms. The van der Waals surface area contributed by atoms with Gasteiger partial charge in [-0.2, -0.15) is 0 Å². The number of carbonyl (C=O) groups excluding carboxylic acids is 1. The van der Waals surface area contributed by atoms with Crippen molar-refractivity contribution >= 4 is 27.5 Å². The van der Waals surface area contributed by atoms with Crippen LogP contribution in [0.3, 0.4) is 0 Å². The molecule has 0 radical (unpaired) electrons. The number of rotatable bonds is 2. The Hall–Kier alpha value is -1.50. The first-order valence-electron chi connectivity index (χ1n) is 8.26. The number of benzene rings is 1. The Balaban J connectivity index is 1.39. The lowest BCUT2D eigenvalue weighted by Gasteiger charge is -2.32. The summed E-state index contributed by atoms with van der Waals surface area (Å²) in [4.78, 5) is 19.2. The van der Waals surface area contributed by atoms with Crippen LogP contribution in [0.15, 0.2) is 24.3 Å².